The van der Waals surface area contributed by atoms with E-state index in [0.29, 0.717) is 5.56 Å². The SMILES string of the molecule is O=C(O)CC(=O)c1cc[nH]c1. The number of H-pyrrole nitrogens is 1. The molecule has 0 saturated carbocycles. The second kappa shape index (κ2) is 3.01. The van der Waals surface area contributed by atoms with E-state index in [-0.39, 0.29) is 5.78 Å². The Kier molecular flexibility index (Phi) is 2.06. The maximum absolute atomic E-state index is 10.9. The third-order valence-corrected chi connectivity index (χ3v) is 1.23. The van der Waals surface area contributed by atoms with Gasteiger partial charge in [0.1, 0.15) is 6.42 Å². The van der Waals surface area contributed by atoms with E-state index in [1.165, 1.54) is 6.20 Å². The van der Waals surface area contributed by atoms with Gasteiger partial charge in [0, 0.05) is 18.0 Å². The number of carbonyl (C=O) groups is 2. The number of aliphatic carboxylic acids is 1. The van der Waals surface area contributed by atoms with Gasteiger partial charge in [0.15, 0.2) is 5.78 Å². The molecule has 0 aromatic carbocycles. The summed E-state index contributed by atoms with van der Waals surface area (Å²) in [5.41, 5.74) is 0.410. The first kappa shape index (κ1) is 7.53. The van der Waals surface area contributed by atoms with Gasteiger partial charge in [-0.2, -0.15) is 0 Å². The van der Waals surface area contributed by atoms with Crippen molar-refractivity contribution in [2.24, 2.45) is 0 Å². The highest BCUT2D eigenvalue weighted by molar-refractivity contribution is 6.05. The lowest BCUT2D eigenvalue weighted by molar-refractivity contribution is -0.135. The molecule has 4 nitrogen and oxygen atoms in total. The molecule has 0 aliphatic rings. The van der Waals surface area contributed by atoms with Gasteiger partial charge >= 0.3 is 5.97 Å². The van der Waals surface area contributed by atoms with Crippen LogP contribution in [0.15, 0.2) is 18.5 Å². The summed E-state index contributed by atoms with van der Waals surface area (Å²) in [4.78, 5) is 23.7. The smallest absolute Gasteiger partial charge is 0.311 e. The molecule has 0 atom stereocenters. The average Bonchev–Trinajstić information content (AvgIpc) is 2.35. The van der Waals surface area contributed by atoms with Crippen LogP contribution < -0.4 is 0 Å². The van der Waals surface area contributed by atoms with E-state index in [9.17, 15) is 9.59 Å². The lowest BCUT2D eigenvalue weighted by Crippen LogP contribution is -2.05. The van der Waals surface area contributed by atoms with Crippen molar-refractivity contribution in [3.8, 4) is 0 Å². The Labute approximate surface area is 62.9 Å². The molecule has 0 fully saturated rings. The van der Waals surface area contributed by atoms with Gasteiger partial charge in [-0.25, -0.2) is 0 Å². The van der Waals surface area contributed by atoms with Crippen molar-refractivity contribution in [1.82, 2.24) is 4.98 Å². The maximum atomic E-state index is 10.9. The molecule has 1 aromatic rings. The Morgan fingerprint density at radius 3 is 2.73 bits per heavy atom. The minimum absolute atomic E-state index is 0.376. The molecule has 1 heterocycles. The topological polar surface area (TPSA) is 70.2 Å². The van der Waals surface area contributed by atoms with Gasteiger partial charge in [0.2, 0.25) is 0 Å². The van der Waals surface area contributed by atoms with Gasteiger partial charge in [-0.05, 0) is 6.07 Å². The van der Waals surface area contributed by atoms with Crippen molar-refractivity contribution in [3.05, 3.63) is 24.0 Å². The Hall–Kier alpha value is -1.58. The fourth-order valence-electron chi connectivity index (χ4n) is 0.737. The summed E-state index contributed by atoms with van der Waals surface area (Å²) < 4.78 is 0. The number of nitrogens with one attached hydrogen (secondary N) is 1. The van der Waals surface area contributed by atoms with Crippen LogP contribution in [0.4, 0.5) is 0 Å². The fraction of sp³-hybridized carbons (Fsp3) is 0.143. The highest BCUT2D eigenvalue weighted by Crippen LogP contribution is 2.00. The molecule has 0 spiro atoms. The molecule has 1 aromatic heterocycles. The summed E-state index contributed by atoms with van der Waals surface area (Å²) in [5, 5.41) is 8.25. The number of carboxylic acid groups (broad SMARTS) is 1. The molecule has 0 bridgehead atoms. The summed E-state index contributed by atoms with van der Waals surface area (Å²) in [7, 11) is 0. The van der Waals surface area contributed by atoms with E-state index in [1.54, 1.807) is 12.3 Å². The van der Waals surface area contributed by atoms with Gasteiger partial charge in [-0.1, -0.05) is 0 Å². The van der Waals surface area contributed by atoms with Crippen molar-refractivity contribution in [2.45, 2.75) is 6.42 Å². The number of hydrogen-bond acceptors (Lipinski definition) is 2. The highest BCUT2D eigenvalue weighted by Gasteiger charge is 2.09. The Morgan fingerprint density at radius 2 is 2.27 bits per heavy atom. The zero-order chi connectivity index (χ0) is 8.27. The molecule has 0 amide bonds. The number of Topliss-reactive ketones (excluding diaryl/α,β-unsaturated/α-hetero) is 1. The molecular formula is C7H7NO3. The molecule has 0 radical (unpaired) electrons. The first-order chi connectivity index (χ1) is 5.20. The summed E-state index contributed by atoms with van der Waals surface area (Å²) in [6.45, 7) is 0. The first-order valence-corrected chi connectivity index (χ1v) is 3.08. The van der Waals surface area contributed by atoms with E-state index in [0.717, 1.165) is 0 Å². The molecular weight excluding hydrogens is 146 g/mol. The summed E-state index contributed by atoms with van der Waals surface area (Å²) in [5.74, 6) is -1.48. The van der Waals surface area contributed by atoms with Crippen LogP contribution in [0.5, 0.6) is 0 Å². The summed E-state index contributed by atoms with van der Waals surface area (Å²) in [6, 6.07) is 1.55. The standard InChI is InChI=1S/C7H7NO3/c9-6(3-7(10)11)5-1-2-8-4-5/h1-2,4,8H,3H2,(H,10,11). The number of carbonyl (C=O) groups excluding carboxylic acids is 1. The minimum atomic E-state index is -1.10. The van der Waals surface area contributed by atoms with Crippen molar-refractivity contribution in [2.75, 3.05) is 0 Å². The molecule has 0 aliphatic heterocycles. The third-order valence-electron chi connectivity index (χ3n) is 1.23. The van der Waals surface area contributed by atoms with E-state index in [4.69, 9.17) is 5.11 Å². The van der Waals surface area contributed by atoms with Crippen LogP contribution in [-0.4, -0.2) is 21.8 Å². The minimum Gasteiger partial charge on any atom is -0.481 e. The van der Waals surface area contributed by atoms with Crippen molar-refractivity contribution < 1.29 is 14.7 Å². The lowest BCUT2D eigenvalue weighted by Gasteiger charge is -1.89. The number of carboxylic acids is 1. The number of hydrogen-bond donors (Lipinski definition) is 2. The maximum Gasteiger partial charge on any atom is 0.311 e. The lowest BCUT2D eigenvalue weighted by atomic mass is 10.2. The summed E-state index contributed by atoms with van der Waals surface area (Å²) in [6.07, 6.45) is 2.61. The first-order valence-electron chi connectivity index (χ1n) is 3.08. The zero-order valence-corrected chi connectivity index (χ0v) is 5.70. The molecule has 0 unspecified atom stereocenters. The number of ketones is 1. The molecule has 0 aliphatic carbocycles. The Bertz CT molecular complexity index is 263. The third kappa shape index (κ3) is 1.93. The van der Waals surface area contributed by atoms with Crippen molar-refractivity contribution in [1.29, 1.82) is 0 Å². The molecule has 2 N–H and O–H groups in total. The average molecular weight is 153 g/mol. The fourth-order valence-corrected chi connectivity index (χ4v) is 0.737. The van der Waals surface area contributed by atoms with Gasteiger partial charge in [0.05, 0.1) is 0 Å². The quantitative estimate of drug-likeness (QED) is 0.495. The van der Waals surface area contributed by atoms with Crippen molar-refractivity contribution >= 4 is 11.8 Å². The largest absolute Gasteiger partial charge is 0.481 e. The van der Waals surface area contributed by atoms with E-state index in [1.807, 2.05) is 0 Å². The number of aromatic nitrogens is 1. The van der Waals surface area contributed by atoms with Crippen molar-refractivity contribution in [3.63, 3.8) is 0 Å². The van der Waals surface area contributed by atoms with Gasteiger partial charge in [-0.15, -0.1) is 0 Å². The van der Waals surface area contributed by atoms with Crippen LogP contribution in [0.25, 0.3) is 0 Å². The number of aromatic amines is 1. The summed E-state index contributed by atoms with van der Waals surface area (Å²) >= 11 is 0. The van der Waals surface area contributed by atoms with Crippen LogP contribution >= 0.6 is 0 Å². The zero-order valence-electron chi connectivity index (χ0n) is 5.70. The molecule has 0 saturated heterocycles. The number of rotatable bonds is 3. The Morgan fingerprint density at radius 1 is 1.55 bits per heavy atom. The molecule has 11 heavy (non-hydrogen) atoms. The van der Waals surface area contributed by atoms with E-state index < -0.39 is 12.4 Å². The molecule has 58 valence electrons. The normalized spacial score (nSPS) is 9.45. The van der Waals surface area contributed by atoms with Gasteiger partial charge in [0.25, 0.3) is 0 Å². The highest BCUT2D eigenvalue weighted by atomic mass is 16.4. The predicted octanol–water partition coefficient (Wildman–Crippen LogP) is 0.672. The second-order valence-corrected chi connectivity index (χ2v) is 2.09. The van der Waals surface area contributed by atoms with Crippen LogP contribution in [0, 0.1) is 0 Å². The Balaban J connectivity index is 2.64. The van der Waals surface area contributed by atoms with Gasteiger partial charge in [-0.3, -0.25) is 9.59 Å². The van der Waals surface area contributed by atoms with Gasteiger partial charge < -0.3 is 10.1 Å². The molecule has 4 heteroatoms. The molecule has 1 rings (SSSR count). The monoisotopic (exact) mass is 153 g/mol. The van der Waals surface area contributed by atoms with Crippen LogP contribution in [-0.2, 0) is 4.79 Å². The predicted molar refractivity (Wildman–Crippen MR) is 37.4 cm³/mol. The second-order valence-electron chi connectivity index (χ2n) is 2.09. The van der Waals surface area contributed by atoms with Crippen LogP contribution in [0.1, 0.15) is 16.8 Å². The van der Waals surface area contributed by atoms with Crippen LogP contribution in [0.2, 0.25) is 0 Å². The van der Waals surface area contributed by atoms with Crippen LogP contribution in [0.3, 0.4) is 0 Å². The van der Waals surface area contributed by atoms with E-state index in [2.05, 4.69) is 4.98 Å². The van der Waals surface area contributed by atoms with E-state index >= 15 is 0 Å².